The van der Waals surface area contributed by atoms with Gasteiger partial charge in [0.1, 0.15) is 12.1 Å². The molecule has 27 heavy (non-hydrogen) atoms. The van der Waals surface area contributed by atoms with Crippen LogP contribution >= 0.6 is 0 Å². The van der Waals surface area contributed by atoms with E-state index in [4.69, 9.17) is 0 Å². The Kier molecular flexibility index (Phi) is 4.83. The van der Waals surface area contributed by atoms with Gasteiger partial charge in [-0.2, -0.15) is 0 Å². The van der Waals surface area contributed by atoms with Crippen molar-refractivity contribution < 1.29 is 4.79 Å². The lowest BCUT2D eigenvalue weighted by Crippen LogP contribution is -2.70. The Balaban J connectivity index is 1.34. The molecule has 3 saturated heterocycles. The van der Waals surface area contributed by atoms with Crippen molar-refractivity contribution in [1.82, 2.24) is 14.9 Å². The molecule has 0 spiro atoms. The number of hydrogen-bond acceptors (Lipinski definition) is 5. The second-order valence-electron chi connectivity index (χ2n) is 7.63. The van der Waals surface area contributed by atoms with E-state index in [-0.39, 0.29) is 5.91 Å². The van der Waals surface area contributed by atoms with Crippen LogP contribution < -0.4 is 10.2 Å². The third kappa shape index (κ3) is 3.54. The van der Waals surface area contributed by atoms with Crippen LogP contribution in [0.25, 0.3) is 0 Å². The number of nitrogens with zero attached hydrogens (tertiary/aromatic N) is 4. The van der Waals surface area contributed by atoms with Gasteiger partial charge >= 0.3 is 0 Å². The number of hydrogen-bond donors (Lipinski definition) is 1. The molecule has 4 heterocycles. The van der Waals surface area contributed by atoms with Crippen LogP contribution in [0.4, 0.5) is 11.5 Å². The van der Waals surface area contributed by atoms with E-state index in [9.17, 15) is 4.79 Å². The molecule has 5 rings (SSSR count). The van der Waals surface area contributed by atoms with Gasteiger partial charge in [0.25, 0.3) is 0 Å². The van der Waals surface area contributed by atoms with Gasteiger partial charge in [-0.25, -0.2) is 9.97 Å². The van der Waals surface area contributed by atoms with Gasteiger partial charge in [-0.3, -0.25) is 9.69 Å². The van der Waals surface area contributed by atoms with Crippen molar-refractivity contribution in [1.29, 1.82) is 0 Å². The molecule has 3 aliphatic heterocycles. The molecule has 2 bridgehead atoms. The number of aryl methyl sites for hydroxylation is 2. The molecule has 6 nitrogen and oxygen atoms in total. The summed E-state index contributed by atoms with van der Waals surface area (Å²) in [6.07, 6.45) is 3.82. The number of aromatic nitrogens is 2. The predicted molar refractivity (Wildman–Crippen MR) is 107 cm³/mol. The molecule has 1 amide bonds. The smallest absolute Gasteiger partial charge is 0.238 e. The number of anilines is 2. The average Bonchev–Trinajstić information content (AvgIpc) is 2.69. The maximum Gasteiger partial charge on any atom is 0.238 e. The van der Waals surface area contributed by atoms with Crippen molar-refractivity contribution in [3.8, 4) is 0 Å². The zero-order valence-electron chi connectivity index (χ0n) is 16.3. The summed E-state index contributed by atoms with van der Waals surface area (Å²) < 4.78 is 0. The number of rotatable bonds is 5. The van der Waals surface area contributed by atoms with Crippen molar-refractivity contribution in [2.75, 3.05) is 29.9 Å². The molecule has 0 aliphatic carbocycles. The minimum Gasteiger partial charge on any atom is -0.353 e. The van der Waals surface area contributed by atoms with E-state index in [0.717, 1.165) is 48.7 Å². The fraction of sp³-hybridized carbons (Fsp3) is 0.476. The Morgan fingerprint density at radius 1 is 1.15 bits per heavy atom. The molecular weight excluding hydrogens is 338 g/mol. The van der Waals surface area contributed by atoms with E-state index in [0.29, 0.717) is 18.6 Å². The first-order chi connectivity index (χ1) is 13.0. The summed E-state index contributed by atoms with van der Waals surface area (Å²) >= 11 is 0. The SMILES string of the molecule is CCc1ccc(NC(=O)CN2C3CC2CN(c2ncnc(C)c2C)C3)cc1. The molecule has 0 saturated carbocycles. The molecule has 2 atom stereocenters. The van der Waals surface area contributed by atoms with Crippen LogP contribution in [0.2, 0.25) is 0 Å². The number of amides is 1. The number of carbonyl (C=O) groups excluding carboxylic acids is 1. The molecule has 0 radical (unpaired) electrons. The fourth-order valence-electron chi connectivity index (χ4n) is 4.15. The zero-order chi connectivity index (χ0) is 19.0. The molecule has 1 N–H and O–H groups in total. The maximum absolute atomic E-state index is 12.5. The summed E-state index contributed by atoms with van der Waals surface area (Å²) in [6, 6.07) is 8.94. The number of piperidine rings is 1. The highest BCUT2D eigenvalue weighted by Gasteiger charge is 2.45. The monoisotopic (exact) mass is 365 g/mol. The van der Waals surface area contributed by atoms with E-state index >= 15 is 0 Å². The molecule has 1 aromatic carbocycles. The van der Waals surface area contributed by atoms with Crippen LogP contribution in [-0.2, 0) is 11.2 Å². The van der Waals surface area contributed by atoms with E-state index < -0.39 is 0 Å². The highest BCUT2D eigenvalue weighted by Crippen LogP contribution is 2.34. The van der Waals surface area contributed by atoms with Crippen molar-refractivity contribution >= 4 is 17.4 Å². The third-order valence-electron chi connectivity index (χ3n) is 5.93. The molecule has 2 unspecified atom stereocenters. The van der Waals surface area contributed by atoms with Gasteiger partial charge in [0.2, 0.25) is 5.91 Å². The zero-order valence-corrected chi connectivity index (χ0v) is 16.3. The average molecular weight is 365 g/mol. The van der Waals surface area contributed by atoms with Crippen LogP contribution in [0.3, 0.4) is 0 Å². The molecule has 1 aromatic heterocycles. The van der Waals surface area contributed by atoms with Gasteiger partial charge in [-0.05, 0) is 44.4 Å². The Morgan fingerprint density at radius 3 is 2.52 bits per heavy atom. The van der Waals surface area contributed by atoms with E-state index in [1.165, 1.54) is 5.56 Å². The number of benzene rings is 1. The van der Waals surface area contributed by atoms with E-state index in [1.54, 1.807) is 6.33 Å². The maximum atomic E-state index is 12.5. The van der Waals surface area contributed by atoms with Crippen molar-refractivity contribution in [3.63, 3.8) is 0 Å². The summed E-state index contributed by atoms with van der Waals surface area (Å²) in [4.78, 5) is 25.9. The summed E-state index contributed by atoms with van der Waals surface area (Å²) in [6.45, 7) is 8.54. The molecule has 142 valence electrons. The Morgan fingerprint density at radius 2 is 1.85 bits per heavy atom. The largest absolute Gasteiger partial charge is 0.353 e. The number of carbonyl (C=O) groups is 1. The Hall–Kier alpha value is -2.47. The molecule has 6 heteroatoms. The minimum atomic E-state index is 0.0662. The van der Waals surface area contributed by atoms with Crippen molar-refractivity contribution in [3.05, 3.63) is 47.4 Å². The molecular formula is C21H27N5O. The van der Waals surface area contributed by atoms with Gasteiger partial charge in [-0.15, -0.1) is 0 Å². The first-order valence-corrected chi connectivity index (χ1v) is 9.72. The minimum absolute atomic E-state index is 0.0662. The second-order valence-corrected chi connectivity index (χ2v) is 7.63. The number of nitrogens with one attached hydrogen (secondary N) is 1. The van der Waals surface area contributed by atoms with E-state index in [2.05, 4.69) is 51.1 Å². The first-order valence-electron chi connectivity index (χ1n) is 9.72. The molecule has 2 aromatic rings. The van der Waals surface area contributed by atoms with Gasteiger partial charge in [0.15, 0.2) is 0 Å². The highest BCUT2D eigenvalue weighted by molar-refractivity contribution is 5.92. The first kappa shape index (κ1) is 17.9. The van der Waals surface area contributed by atoms with Gasteiger partial charge < -0.3 is 10.2 Å². The normalized spacial score (nSPS) is 21.7. The fourth-order valence-corrected chi connectivity index (χ4v) is 4.15. The van der Waals surface area contributed by atoms with Crippen LogP contribution in [0.15, 0.2) is 30.6 Å². The summed E-state index contributed by atoms with van der Waals surface area (Å²) in [5, 5.41) is 3.03. The lowest BCUT2D eigenvalue weighted by molar-refractivity contribution is -0.121. The van der Waals surface area contributed by atoms with Gasteiger partial charge in [-0.1, -0.05) is 19.1 Å². The standard InChI is InChI=1S/C21H27N5O/c1-4-16-5-7-17(8-6-16)24-20(27)12-26-18-9-19(26)11-25(10-18)21-14(2)15(3)22-13-23-21/h5-8,13,18-19H,4,9-12H2,1-3H3,(H,24,27). The quantitative estimate of drug-likeness (QED) is 0.882. The summed E-state index contributed by atoms with van der Waals surface area (Å²) in [7, 11) is 0. The lowest BCUT2D eigenvalue weighted by Gasteiger charge is -2.56. The van der Waals surface area contributed by atoms with Crippen molar-refractivity contribution in [2.45, 2.75) is 45.7 Å². The molecule has 3 fully saturated rings. The number of piperazine rings is 1. The highest BCUT2D eigenvalue weighted by atomic mass is 16.2. The van der Waals surface area contributed by atoms with Crippen LogP contribution in [0.1, 0.15) is 30.2 Å². The van der Waals surface area contributed by atoms with E-state index in [1.807, 2.05) is 19.1 Å². The summed E-state index contributed by atoms with van der Waals surface area (Å²) in [5.41, 5.74) is 4.33. The number of fused-ring (bicyclic) bond motifs is 2. The van der Waals surface area contributed by atoms with Crippen molar-refractivity contribution in [2.24, 2.45) is 0 Å². The second kappa shape index (κ2) is 7.27. The van der Waals surface area contributed by atoms with Gasteiger partial charge in [0, 0.05) is 42.1 Å². The van der Waals surface area contributed by atoms with Gasteiger partial charge in [0.05, 0.1) is 6.54 Å². The summed E-state index contributed by atoms with van der Waals surface area (Å²) in [5.74, 6) is 1.11. The lowest BCUT2D eigenvalue weighted by atomic mass is 9.87. The third-order valence-corrected chi connectivity index (χ3v) is 5.93. The Bertz CT molecular complexity index is 823. The topological polar surface area (TPSA) is 61.4 Å². The van der Waals surface area contributed by atoms with Crippen LogP contribution in [0, 0.1) is 13.8 Å². The Labute approximate surface area is 160 Å². The van der Waals surface area contributed by atoms with Crippen LogP contribution in [-0.4, -0.2) is 52.5 Å². The predicted octanol–water partition coefficient (Wildman–Crippen LogP) is 2.56. The molecule has 3 aliphatic rings. The van der Waals surface area contributed by atoms with Crippen LogP contribution in [0.5, 0.6) is 0 Å².